The minimum absolute atomic E-state index is 0. The van der Waals surface area contributed by atoms with Crippen molar-refractivity contribution in [2.24, 2.45) is 40.4 Å². The van der Waals surface area contributed by atoms with Gasteiger partial charge in [-0.25, -0.2) is 0 Å². The van der Waals surface area contributed by atoms with Gasteiger partial charge in [0.2, 0.25) is 0 Å². The van der Waals surface area contributed by atoms with Crippen LogP contribution >= 0.6 is 0 Å². The topological polar surface area (TPSA) is 43.4 Å². The molecule has 0 heterocycles. The molecule has 0 spiro atoms. The Hall–Kier alpha value is -0.860. The first-order chi connectivity index (χ1) is 14.4. The van der Waals surface area contributed by atoms with Gasteiger partial charge in [0.15, 0.2) is 0 Å². The Kier molecular flexibility index (Phi) is 13.4. The highest BCUT2D eigenvalue weighted by molar-refractivity contribution is 5.83. The van der Waals surface area contributed by atoms with Gasteiger partial charge in [0.05, 0.1) is 7.11 Å². The van der Waals surface area contributed by atoms with Crippen LogP contribution in [0.4, 0.5) is 0 Å². The summed E-state index contributed by atoms with van der Waals surface area (Å²) in [6.45, 7) is 11.8. The molecule has 3 heteroatoms. The molecular weight excluding hydrogens is 396 g/mol. The summed E-state index contributed by atoms with van der Waals surface area (Å²) < 4.78 is 3.86. The predicted octanol–water partition coefficient (Wildman–Crippen LogP) is 8.49. The van der Waals surface area contributed by atoms with E-state index in [9.17, 15) is 4.79 Å². The fourth-order valence-corrected chi connectivity index (χ4v) is 7.99. The summed E-state index contributed by atoms with van der Waals surface area (Å²) in [7, 11) is 1.31. The zero-order valence-corrected chi connectivity index (χ0v) is 20.7. The maximum Gasteiger partial charge on any atom is 0.292 e. The Bertz CT molecular complexity index is 559. The van der Waals surface area contributed by atoms with Gasteiger partial charge in [0, 0.05) is 12.3 Å². The summed E-state index contributed by atoms with van der Waals surface area (Å²) in [4.78, 5) is 22.2. The highest BCUT2D eigenvalue weighted by Crippen LogP contribution is 2.67. The van der Waals surface area contributed by atoms with Crippen molar-refractivity contribution >= 4 is 12.3 Å². The summed E-state index contributed by atoms with van der Waals surface area (Å²) in [5, 5.41) is 0. The number of rotatable bonds is 4. The number of hydrogen-bond donors (Lipinski definition) is 0. The van der Waals surface area contributed by atoms with E-state index in [2.05, 4.69) is 25.5 Å². The number of unbranched alkanes of at least 4 members (excludes halogenated alkanes) is 1. The van der Waals surface area contributed by atoms with E-state index >= 15 is 0 Å². The third-order valence-electron chi connectivity index (χ3n) is 9.59. The average molecular weight is 453 g/mol. The van der Waals surface area contributed by atoms with Crippen molar-refractivity contribution in [3.05, 3.63) is 0 Å². The molecule has 4 rings (SSSR count). The Balaban J connectivity index is 0.00000109. The smallest absolute Gasteiger partial charge is 0.292 e. The van der Waals surface area contributed by atoms with Crippen LogP contribution in [0.25, 0.3) is 0 Å². The van der Waals surface area contributed by atoms with Crippen LogP contribution in [0.3, 0.4) is 0 Å². The quantitative estimate of drug-likeness (QED) is 0.401. The Morgan fingerprint density at radius 1 is 0.969 bits per heavy atom. The molecule has 0 aliphatic heterocycles. The molecule has 0 radical (unpaired) electrons. The number of methoxy groups -OCH3 is 1. The van der Waals surface area contributed by atoms with Crippen LogP contribution in [-0.2, 0) is 14.3 Å². The van der Waals surface area contributed by atoms with Gasteiger partial charge in [-0.05, 0) is 79.4 Å². The lowest BCUT2D eigenvalue weighted by Gasteiger charge is -2.59. The number of ether oxygens (including phenoxy) is 1. The van der Waals surface area contributed by atoms with Crippen LogP contribution in [0.2, 0.25) is 0 Å². The van der Waals surface area contributed by atoms with Gasteiger partial charge < -0.3 is 4.74 Å². The number of carbonyl (C=O) groups excluding carboxylic acids is 2. The van der Waals surface area contributed by atoms with Crippen molar-refractivity contribution in [1.82, 2.24) is 0 Å². The van der Waals surface area contributed by atoms with Crippen molar-refractivity contribution < 1.29 is 14.3 Å². The molecule has 3 nitrogen and oxygen atoms in total. The first-order valence-corrected chi connectivity index (χ1v) is 12.9. The molecule has 0 aromatic rings. The van der Waals surface area contributed by atoms with E-state index in [1.807, 2.05) is 13.8 Å². The SMILES string of the molecule is C.C.CC.CCCCC1CCC2C3C(=O)CC4CCCCC4(C)C3CCC12C.COC=O. The minimum atomic E-state index is 0. The van der Waals surface area contributed by atoms with Crippen LogP contribution in [0.1, 0.15) is 127 Å². The molecule has 0 aromatic carbocycles. The van der Waals surface area contributed by atoms with Gasteiger partial charge in [-0.15, -0.1) is 0 Å². The molecule has 0 saturated heterocycles. The summed E-state index contributed by atoms with van der Waals surface area (Å²) >= 11 is 0. The van der Waals surface area contributed by atoms with Crippen molar-refractivity contribution in [2.75, 3.05) is 7.11 Å². The molecule has 0 N–H and O–H groups in total. The van der Waals surface area contributed by atoms with Crippen LogP contribution in [-0.4, -0.2) is 19.4 Å². The molecule has 7 unspecified atom stereocenters. The van der Waals surface area contributed by atoms with Gasteiger partial charge in [0.1, 0.15) is 5.78 Å². The zero-order valence-electron chi connectivity index (χ0n) is 20.7. The molecule has 0 bridgehead atoms. The highest BCUT2D eigenvalue weighted by Gasteiger charge is 2.61. The third-order valence-corrected chi connectivity index (χ3v) is 9.59. The van der Waals surface area contributed by atoms with Gasteiger partial charge >= 0.3 is 0 Å². The number of Topliss-reactive ketones (excluding diaryl/α,β-unsaturated/α-hetero) is 1. The van der Waals surface area contributed by atoms with Gasteiger partial charge in [-0.2, -0.15) is 0 Å². The third kappa shape index (κ3) is 5.79. The van der Waals surface area contributed by atoms with Gasteiger partial charge in [-0.3, -0.25) is 9.59 Å². The summed E-state index contributed by atoms with van der Waals surface area (Å²) in [6, 6.07) is 0. The van der Waals surface area contributed by atoms with E-state index in [-0.39, 0.29) is 14.9 Å². The van der Waals surface area contributed by atoms with E-state index in [1.54, 1.807) is 0 Å². The van der Waals surface area contributed by atoms with E-state index in [1.165, 1.54) is 77.7 Å². The Labute approximate surface area is 200 Å². The normalized spacial score (nSPS) is 39.1. The first-order valence-electron chi connectivity index (χ1n) is 12.9. The number of hydrogen-bond acceptors (Lipinski definition) is 3. The Morgan fingerprint density at radius 2 is 1.59 bits per heavy atom. The van der Waals surface area contributed by atoms with E-state index in [0.29, 0.717) is 46.8 Å². The van der Waals surface area contributed by atoms with Gasteiger partial charge in [-0.1, -0.05) is 75.2 Å². The van der Waals surface area contributed by atoms with Crippen LogP contribution in [0.5, 0.6) is 0 Å². The minimum Gasteiger partial charge on any atom is -0.471 e. The highest BCUT2D eigenvalue weighted by atomic mass is 16.5. The van der Waals surface area contributed by atoms with Crippen molar-refractivity contribution in [3.8, 4) is 0 Å². The number of fused-ring (bicyclic) bond motifs is 5. The first kappa shape index (κ1) is 31.1. The fraction of sp³-hybridized carbons (Fsp3) is 0.931. The van der Waals surface area contributed by atoms with Gasteiger partial charge in [0.25, 0.3) is 6.47 Å². The lowest BCUT2D eigenvalue weighted by atomic mass is 9.44. The monoisotopic (exact) mass is 452 g/mol. The largest absolute Gasteiger partial charge is 0.471 e. The number of carbonyl (C=O) groups is 2. The molecule has 0 aromatic heterocycles. The summed E-state index contributed by atoms with van der Waals surface area (Å²) in [5.41, 5.74) is 0.962. The molecule has 190 valence electrons. The fourth-order valence-electron chi connectivity index (χ4n) is 7.99. The van der Waals surface area contributed by atoms with Crippen LogP contribution in [0.15, 0.2) is 0 Å². The summed E-state index contributed by atoms with van der Waals surface area (Å²) in [5.74, 6) is 4.14. The molecule has 0 amide bonds. The zero-order chi connectivity index (χ0) is 22.4. The van der Waals surface area contributed by atoms with Crippen LogP contribution in [0, 0.1) is 40.4 Å². The predicted molar refractivity (Wildman–Crippen MR) is 138 cm³/mol. The molecule has 4 saturated carbocycles. The second kappa shape index (κ2) is 13.8. The maximum absolute atomic E-state index is 13.2. The van der Waals surface area contributed by atoms with Crippen molar-refractivity contribution in [1.29, 1.82) is 0 Å². The van der Waals surface area contributed by atoms with Crippen LogP contribution < -0.4 is 0 Å². The average Bonchev–Trinajstić information content (AvgIpc) is 3.10. The van der Waals surface area contributed by atoms with E-state index < -0.39 is 0 Å². The molecule has 32 heavy (non-hydrogen) atoms. The Morgan fingerprint density at radius 3 is 2.19 bits per heavy atom. The van der Waals surface area contributed by atoms with E-state index in [4.69, 9.17) is 4.79 Å². The maximum atomic E-state index is 13.2. The second-order valence-corrected chi connectivity index (χ2v) is 10.7. The molecule has 4 fully saturated rings. The van der Waals surface area contributed by atoms with Crippen molar-refractivity contribution in [2.45, 2.75) is 127 Å². The summed E-state index contributed by atoms with van der Waals surface area (Å²) in [6.07, 6.45) is 16.0. The number of ketones is 1. The second-order valence-electron chi connectivity index (χ2n) is 10.7. The molecule has 4 aliphatic rings. The van der Waals surface area contributed by atoms with E-state index in [0.717, 1.165) is 12.3 Å². The molecular formula is C29H56O3. The standard InChI is InChI=1S/C23H38O.C2H4O2.C2H6.2CH4/c1-4-5-8-16-10-11-18-21-19(12-14-23(16,18)3)22(2)13-7-6-9-17(22)15-20(21)24;1-4-2-3;1-2;;/h16-19,21H,4-15H2,1-3H3;2H,1H3;1-2H3;2*1H4. The molecule has 4 aliphatic carbocycles. The lowest BCUT2D eigenvalue weighted by molar-refractivity contribution is -0.155. The molecule has 7 atom stereocenters. The van der Waals surface area contributed by atoms with Crippen molar-refractivity contribution in [3.63, 3.8) is 0 Å². The lowest BCUT2D eigenvalue weighted by Crippen LogP contribution is -2.56.